The SMILES string of the molecule is O=C(CC(=O)Nc1ccccc1F)Nc1ccc(F)cc1. The first-order valence-corrected chi connectivity index (χ1v) is 6.14. The molecule has 2 amide bonds. The molecule has 2 rings (SSSR count). The van der Waals surface area contributed by atoms with Gasteiger partial charge in [-0.25, -0.2) is 8.78 Å². The van der Waals surface area contributed by atoms with Gasteiger partial charge in [0.2, 0.25) is 11.8 Å². The summed E-state index contributed by atoms with van der Waals surface area (Å²) < 4.78 is 26.0. The van der Waals surface area contributed by atoms with Crippen molar-refractivity contribution in [2.24, 2.45) is 0 Å². The van der Waals surface area contributed by atoms with Crippen LogP contribution in [0.15, 0.2) is 48.5 Å². The minimum atomic E-state index is -0.639. The van der Waals surface area contributed by atoms with Gasteiger partial charge in [-0.2, -0.15) is 0 Å². The lowest BCUT2D eigenvalue weighted by Gasteiger charge is -2.07. The Morgan fingerprint density at radius 2 is 1.48 bits per heavy atom. The number of para-hydroxylation sites is 1. The molecule has 0 aromatic heterocycles. The molecule has 0 unspecified atom stereocenters. The molecule has 0 saturated heterocycles. The van der Waals surface area contributed by atoms with Crippen LogP contribution >= 0.6 is 0 Å². The first-order valence-electron chi connectivity index (χ1n) is 6.14. The molecule has 0 aliphatic heterocycles. The quantitative estimate of drug-likeness (QED) is 0.851. The first kappa shape index (κ1) is 14.6. The standard InChI is InChI=1S/C15H12F2N2O2/c16-10-5-7-11(8-6-10)18-14(20)9-15(21)19-13-4-2-1-3-12(13)17/h1-8H,9H2,(H,18,20)(H,19,21). The number of nitrogens with one attached hydrogen (secondary N) is 2. The highest BCUT2D eigenvalue weighted by Gasteiger charge is 2.11. The Labute approximate surface area is 119 Å². The van der Waals surface area contributed by atoms with Gasteiger partial charge in [-0.3, -0.25) is 9.59 Å². The summed E-state index contributed by atoms with van der Waals surface area (Å²) in [7, 11) is 0. The van der Waals surface area contributed by atoms with Gasteiger partial charge in [-0.1, -0.05) is 12.1 Å². The number of hydrogen-bond donors (Lipinski definition) is 2. The van der Waals surface area contributed by atoms with E-state index in [1.807, 2.05) is 0 Å². The maximum absolute atomic E-state index is 13.3. The molecule has 2 aromatic rings. The van der Waals surface area contributed by atoms with Gasteiger partial charge in [0.1, 0.15) is 18.1 Å². The number of rotatable bonds is 4. The molecule has 0 atom stereocenters. The van der Waals surface area contributed by atoms with E-state index in [0.29, 0.717) is 5.69 Å². The van der Waals surface area contributed by atoms with E-state index < -0.39 is 29.9 Å². The lowest BCUT2D eigenvalue weighted by molar-refractivity contribution is -0.123. The highest BCUT2D eigenvalue weighted by atomic mass is 19.1. The summed E-state index contributed by atoms with van der Waals surface area (Å²) in [5.41, 5.74) is 0.386. The van der Waals surface area contributed by atoms with Gasteiger partial charge in [0.05, 0.1) is 5.69 Å². The lowest BCUT2D eigenvalue weighted by atomic mass is 10.2. The Morgan fingerprint density at radius 3 is 2.14 bits per heavy atom. The van der Waals surface area contributed by atoms with Crippen LogP contribution in [0.3, 0.4) is 0 Å². The zero-order chi connectivity index (χ0) is 15.2. The summed E-state index contributed by atoms with van der Waals surface area (Å²) in [5.74, 6) is -2.22. The van der Waals surface area contributed by atoms with Crippen LogP contribution in [-0.4, -0.2) is 11.8 Å². The molecule has 2 N–H and O–H groups in total. The monoisotopic (exact) mass is 290 g/mol. The summed E-state index contributed by atoms with van der Waals surface area (Å²) in [6.07, 6.45) is -0.467. The minimum Gasteiger partial charge on any atom is -0.326 e. The summed E-state index contributed by atoms with van der Waals surface area (Å²) in [6, 6.07) is 10.8. The number of carbonyl (C=O) groups is 2. The van der Waals surface area contributed by atoms with Gasteiger partial charge < -0.3 is 10.6 Å². The topological polar surface area (TPSA) is 58.2 Å². The Kier molecular flexibility index (Phi) is 4.61. The van der Waals surface area contributed by atoms with Crippen LogP contribution < -0.4 is 10.6 Å². The molecule has 0 radical (unpaired) electrons. The maximum Gasteiger partial charge on any atom is 0.233 e. The number of hydrogen-bond acceptors (Lipinski definition) is 2. The third-order valence-electron chi connectivity index (χ3n) is 2.60. The first-order chi connectivity index (χ1) is 10.0. The van der Waals surface area contributed by atoms with Crippen molar-refractivity contribution in [3.8, 4) is 0 Å². The third-order valence-corrected chi connectivity index (χ3v) is 2.60. The van der Waals surface area contributed by atoms with E-state index in [4.69, 9.17) is 0 Å². The van der Waals surface area contributed by atoms with Crippen LogP contribution in [-0.2, 0) is 9.59 Å². The largest absolute Gasteiger partial charge is 0.326 e. The second kappa shape index (κ2) is 6.60. The van der Waals surface area contributed by atoms with E-state index in [0.717, 1.165) is 0 Å². The van der Waals surface area contributed by atoms with Gasteiger partial charge in [-0.05, 0) is 36.4 Å². The molecule has 0 aliphatic carbocycles. The number of anilines is 2. The molecule has 0 spiro atoms. The molecule has 6 heteroatoms. The number of carbonyl (C=O) groups excluding carboxylic acids is 2. The third kappa shape index (κ3) is 4.38. The molecule has 0 bridgehead atoms. The summed E-state index contributed by atoms with van der Waals surface area (Å²) >= 11 is 0. The predicted octanol–water partition coefficient (Wildman–Crippen LogP) is 2.93. The fourth-order valence-corrected chi connectivity index (χ4v) is 1.64. The molecular formula is C15H12F2N2O2. The summed E-state index contributed by atoms with van der Waals surface area (Å²) in [5, 5.41) is 4.74. The average Bonchev–Trinajstić information content (AvgIpc) is 2.44. The predicted molar refractivity (Wildman–Crippen MR) is 74.7 cm³/mol. The smallest absolute Gasteiger partial charge is 0.233 e. The highest BCUT2D eigenvalue weighted by molar-refractivity contribution is 6.08. The van der Waals surface area contributed by atoms with Crippen molar-refractivity contribution in [2.45, 2.75) is 6.42 Å². The molecular weight excluding hydrogens is 278 g/mol. The van der Waals surface area contributed by atoms with Gasteiger partial charge in [0, 0.05) is 5.69 Å². The second-order valence-corrected chi connectivity index (χ2v) is 4.26. The van der Waals surface area contributed by atoms with Gasteiger partial charge >= 0.3 is 0 Å². The molecule has 0 fully saturated rings. The van der Waals surface area contributed by atoms with Crippen LogP contribution in [0.4, 0.5) is 20.2 Å². The number of halogens is 2. The fraction of sp³-hybridized carbons (Fsp3) is 0.0667. The van der Waals surface area contributed by atoms with E-state index in [-0.39, 0.29) is 5.69 Å². The Bertz CT molecular complexity index is 657. The molecule has 0 aliphatic rings. The zero-order valence-electron chi connectivity index (χ0n) is 10.9. The van der Waals surface area contributed by atoms with E-state index in [2.05, 4.69) is 10.6 Å². The van der Waals surface area contributed by atoms with Crippen LogP contribution in [0.2, 0.25) is 0 Å². The van der Waals surface area contributed by atoms with Crippen molar-refractivity contribution >= 4 is 23.2 Å². The molecule has 21 heavy (non-hydrogen) atoms. The van der Waals surface area contributed by atoms with Crippen LogP contribution in [0.25, 0.3) is 0 Å². The Morgan fingerprint density at radius 1 is 0.857 bits per heavy atom. The van der Waals surface area contributed by atoms with Crippen molar-refractivity contribution in [3.05, 3.63) is 60.2 Å². The van der Waals surface area contributed by atoms with Crippen LogP contribution in [0.5, 0.6) is 0 Å². The molecule has 0 heterocycles. The average molecular weight is 290 g/mol. The molecule has 0 saturated carbocycles. The maximum atomic E-state index is 13.3. The van der Waals surface area contributed by atoms with Crippen molar-refractivity contribution in [1.29, 1.82) is 0 Å². The van der Waals surface area contributed by atoms with E-state index in [9.17, 15) is 18.4 Å². The van der Waals surface area contributed by atoms with Gasteiger partial charge in [0.15, 0.2) is 0 Å². The van der Waals surface area contributed by atoms with Crippen LogP contribution in [0.1, 0.15) is 6.42 Å². The normalized spacial score (nSPS) is 10.0. The molecule has 4 nitrogen and oxygen atoms in total. The van der Waals surface area contributed by atoms with Gasteiger partial charge in [-0.15, -0.1) is 0 Å². The Hall–Kier alpha value is -2.76. The van der Waals surface area contributed by atoms with E-state index in [1.165, 1.54) is 42.5 Å². The highest BCUT2D eigenvalue weighted by Crippen LogP contribution is 2.13. The van der Waals surface area contributed by atoms with Crippen LogP contribution in [0, 0.1) is 11.6 Å². The zero-order valence-corrected chi connectivity index (χ0v) is 10.9. The van der Waals surface area contributed by atoms with Crippen molar-refractivity contribution in [3.63, 3.8) is 0 Å². The fourth-order valence-electron chi connectivity index (χ4n) is 1.64. The van der Waals surface area contributed by atoms with E-state index in [1.54, 1.807) is 6.07 Å². The molecule has 108 valence electrons. The number of amides is 2. The second-order valence-electron chi connectivity index (χ2n) is 4.26. The van der Waals surface area contributed by atoms with Crippen molar-refractivity contribution in [2.75, 3.05) is 10.6 Å². The number of benzene rings is 2. The Balaban J connectivity index is 1.89. The lowest BCUT2D eigenvalue weighted by Crippen LogP contribution is -2.21. The summed E-state index contributed by atoms with van der Waals surface area (Å²) in [6.45, 7) is 0. The molecule has 2 aromatic carbocycles. The van der Waals surface area contributed by atoms with Crippen molar-refractivity contribution < 1.29 is 18.4 Å². The van der Waals surface area contributed by atoms with Crippen molar-refractivity contribution in [1.82, 2.24) is 0 Å². The van der Waals surface area contributed by atoms with Gasteiger partial charge in [0.25, 0.3) is 0 Å². The minimum absolute atomic E-state index is 0.0112. The van der Waals surface area contributed by atoms with E-state index >= 15 is 0 Å². The summed E-state index contributed by atoms with van der Waals surface area (Å²) in [4.78, 5) is 23.2.